The third kappa shape index (κ3) is 3.21. The highest BCUT2D eigenvalue weighted by atomic mass is 35.5. The number of benzene rings is 1. The summed E-state index contributed by atoms with van der Waals surface area (Å²) in [6, 6.07) is 5.33. The third-order valence-electron chi connectivity index (χ3n) is 3.42. The maximum Gasteiger partial charge on any atom is 0.272 e. The normalized spacial score (nSPS) is 21.0. The first kappa shape index (κ1) is 13.8. The number of hydrogen-bond donors (Lipinski definition) is 1. The number of rotatable bonds is 3. The van der Waals surface area contributed by atoms with Gasteiger partial charge in [0.15, 0.2) is 0 Å². The quantitative estimate of drug-likeness (QED) is 0.873. The Labute approximate surface area is 112 Å². The van der Waals surface area contributed by atoms with E-state index in [2.05, 4.69) is 5.32 Å². The fourth-order valence-electron chi connectivity index (χ4n) is 2.59. The molecule has 2 rings (SSSR count). The Hall–Kier alpha value is -0.670. The summed E-state index contributed by atoms with van der Waals surface area (Å²) < 4.78 is 27.3. The first-order valence-corrected chi connectivity index (χ1v) is 6.75. The molecule has 0 bridgehead atoms. The van der Waals surface area contributed by atoms with Crippen molar-refractivity contribution < 1.29 is 8.78 Å². The third-order valence-corrected chi connectivity index (χ3v) is 3.73. The topological polar surface area (TPSA) is 12.0 Å². The highest BCUT2D eigenvalue weighted by molar-refractivity contribution is 6.31. The minimum atomic E-state index is -2.89. The summed E-state index contributed by atoms with van der Waals surface area (Å²) in [5.74, 6) is -2.89. The molecular formula is C14H18ClF2N. The molecule has 0 aliphatic carbocycles. The molecule has 1 saturated heterocycles. The summed E-state index contributed by atoms with van der Waals surface area (Å²) in [4.78, 5) is 0. The molecule has 1 aromatic rings. The van der Waals surface area contributed by atoms with Crippen LogP contribution in [0.1, 0.15) is 37.3 Å². The Bertz CT molecular complexity index is 409. The monoisotopic (exact) mass is 273 g/mol. The van der Waals surface area contributed by atoms with E-state index in [-0.39, 0.29) is 10.6 Å². The van der Waals surface area contributed by atoms with Crippen molar-refractivity contribution >= 4 is 11.6 Å². The van der Waals surface area contributed by atoms with Gasteiger partial charge >= 0.3 is 0 Å². The molecule has 1 fully saturated rings. The van der Waals surface area contributed by atoms with Crippen LogP contribution in [0.4, 0.5) is 8.78 Å². The molecule has 1 nitrogen and oxygen atoms in total. The maximum atomic E-state index is 13.6. The minimum Gasteiger partial charge on any atom is -0.314 e. The van der Waals surface area contributed by atoms with Crippen LogP contribution >= 0.6 is 11.6 Å². The van der Waals surface area contributed by atoms with Crippen molar-refractivity contribution in [1.82, 2.24) is 5.32 Å². The second kappa shape index (κ2) is 5.54. The lowest BCUT2D eigenvalue weighted by Gasteiger charge is -2.26. The molecule has 4 heteroatoms. The molecular weight excluding hydrogens is 256 g/mol. The van der Waals surface area contributed by atoms with Gasteiger partial charge in [0.2, 0.25) is 0 Å². The molecule has 1 aliphatic rings. The van der Waals surface area contributed by atoms with Gasteiger partial charge in [-0.2, -0.15) is 0 Å². The van der Waals surface area contributed by atoms with Gasteiger partial charge in [0.1, 0.15) is 0 Å². The molecule has 100 valence electrons. The van der Waals surface area contributed by atoms with Gasteiger partial charge in [0.05, 0.1) is 5.02 Å². The van der Waals surface area contributed by atoms with E-state index >= 15 is 0 Å². The molecule has 1 atom stereocenters. The second-order valence-corrected chi connectivity index (χ2v) is 5.42. The fraction of sp³-hybridized carbons (Fsp3) is 0.571. The number of piperidine rings is 1. The Kier molecular flexibility index (Phi) is 4.23. The van der Waals surface area contributed by atoms with E-state index in [1.807, 2.05) is 0 Å². The van der Waals surface area contributed by atoms with Crippen LogP contribution in [0.15, 0.2) is 18.2 Å². The summed E-state index contributed by atoms with van der Waals surface area (Å²) in [6.45, 7) is 1.88. The molecule has 1 unspecified atom stereocenters. The van der Waals surface area contributed by atoms with E-state index in [0.717, 1.165) is 26.3 Å². The second-order valence-electron chi connectivity index (χ2n) is 5.01. The van der Waals surface area contributed by atoms with E-state index in [9.17, 15) is 8.78 Å². The summed E-state index contributed by atoms with van der Waals surface area (Å²) in [6.07, 6.45) is 4.00. The van der Waals surface area contributed by atoms with Crippen LogP contribution in [0.25, 0.3) is 0 Å². The van der Waals surface area contributed by atoms with Crippen LogP contribution in [0.2, 0.25) is 5.02 Å². The van der Waals surface area contributed by atoms with Crippen molar-refractivity contribution in [3.63, 3.8) is 0 Å². The average Bonchev–Trinajstić information content (AvgIpc) is 2.28. The Balaban J connectivity index is 2.24. The minimum absolute atomic E-state index is 0.0148. The van der Waals surface area contributed by atoms with E-state index < -0.39 is 5.92 Å². The zero-order valence-electron chi connectivity index (χ0n) is 10.5. The van der Waals surface area contributed by atoms with Gasteiger partial charge in [-0.05, 0) is 37.4 Å². The number of halogens is 3. The Morgan fingerprint density at radius 2 is 2.17 bits per heavy atom. The molecule has 0 spiro atoms. The van der Waals surface area contributed by atoms with Gasteiger partial charge in [-0.3, -0.25) is 0 Å². The molecule has 18 heavy (non-hydrogen) atoms. The van der Waals surface area contributed by atoms with Crippen LogP contribution < -0.4 is 5.32 Å². The van der Waals surface area contributed by atoms with E-state index in [4.69, 9.17) is 11.6 Å². The Morgan fingerprint density at radius 1 is 1.39 bits per heavy atom. The van der Waals surface area contributed by atoms with Crippen LogP contribution in [-0.2, 0) is 12.3 Å². The van der Waals surface area contributed by atoms with Crippen molar-refractivity contribution in [2.45, 2.75) is 44.6 Å². The van der Waals surface area contributed by atoms with Gasteiger partial charge in [0.25, 0.3) is 5.92 Å². The lowest BCUT2D eigenvalue weighted by atomic mass is 9.93. The van der Waals surface area contributed by atoms with Crippen LogP contribution in [-0.4, -0.2) is 12.6 Å². The molecule has 0 amide bonds. The number of hydrogen-bond acceptors (Lipinski definition) is 1. The molecule has 0 saturated carbocycles. The summed E-state index contributed by atoms with van der Waals surface area (Å²) >= 11 is 5.93. The number of alkyl halides is 2. The predicted molar refractivity (Wildman–Crippen MR) is 70.4 cm³/mol. The van der Waals surface area contributed by atoms with Crippen molar-refractivity contribution in [3.8, 4) is 0 Å². The van der Waals surface area contributed by atoms with Crippen LogP contribution in [0.3, 0.4) is 0 Å². The Morgan fingerprint density at radius 3 is 2.78 bits per heavy atom. The molecule has 0 aromatic heterocycles. The summed E-state index contributed by atoms with van der Waals surface area (Å²) in [7, 11) is 0. The largest absolute Gasteiger partial charge is 0.314 e. The van der Waals surface area contributed by atoms with Crippen molar-refractivity contribution in [2.24, 2.45) is 0 Å². The molecule has 1 aromatic carbocycles. The van der Waals surface area contributed by atoms with Gasteiger partial charge < -0.3 is 5.32 Å². The predicted octanol–water partition coefficient (Wildman–Crippen LogP) is 4.14. The zero-order valence-corrected chi connectivity index (χ0v) is 11.2. The SMILES string of the molecule is CC(F)(F)c1c(Cl)cccc1CC1CCCCN1. The lowest BCUT2D eigenvalue weighted by molar-refractivity contribution is 0.0165. The molecule has 0 radical (unpaired) electrons. The fourth-order valence-corrected chi connectivity index (χ4v) is 2.95. The standard InChI is InChI=1S/C14H18ClF2N/c1-14(16,17)13-10(5-4-7-12(13)15)9-11-6-2-3-8-18-11/h4-5,7,11,18H,2-3,6,8-9H2,1H3. The van der Waals surface area contributed by atoms with Crippen LogP contribution in [0, 0.1) is 0 Å². The van der Waals surface area contributed by atoms with E-state index in [1.54, 1.807) is 12.1 Å². The van der Waals surface area contributed by atoms with E-state index in [1.165, 1.54) is 12.5 Å². The smallest absolute Gasteiger partial charge is 0.272 e. The van der Waals surface area contributed by atoms with E-state index in [0.29, 0.717) is 18.0 Å². The van der Waals surface area contributed by atoms with Crippen molar-refractivity contribution in [1.29, 1.82) is 0 Å². The first-order valence-electron chi connectivity index (χ1n) is 6.37. The summed E-state index contributed by atoms with van der Waals surface area (Å²) in [5, 5.41) is 3.54. The molecule has 1 heterocycles. The lowest BCUT2D eigenvalue weighted by Crippen LogP contribution is -2.36. The van der Waals surface area contributed by atoms with Crippen molar-refractivity contribution in [3.05, 3.63) is 34.3 Å². The van der Waals surface area contributed by atoms with Crippen LogP contribution in [0.5, 0.6) is 0 Å². The zero-order chi connectivity index (χ0) is 13.2. The molecule has 1 aliphatic heterocycles. The van der Waals surface area contributed by atoms with Gasteiger partial charge in [0, 0.05) is 18.5 Å². The average molecular weight is 274 g/mol. The first-order chi connectivity index (χ1) is 8.48. The molecule has 1 N–H and O–H groups in total. The number of nitrogens with one attached hydrogen (secondary N) is 1. The van der Waals surface area contributed by atoms with Crippen molar-refractivity contribution in [2.75, 3.05) is 6.54 Å². The maximum absolute atomic E-state index is 13.6. The van der Waals surface area contributed by atoms with Gasteiger partial charge in [-0.25, -0.2) is 8.78 Å². The summed E-state index contributed by atoms with van der Waals surface area (Å²) in [5.41, 5.74) is 0.647. The highest BCUT2D eigenvalue weighted by Crippen LogP contribution is 2.36. The van der Waals surface area contributed by atoms with Gasteiger partial charge in [-0.15, -0.1) is 0 Å². The van der Waals surface area contributed by atoms with Gasteiger partial charge in [-0.1, -0.05) is 30.2 Å². The highest BCUT2D eigenvalue weighted by Gasteiger charge is 2.31.